The van der Waals surface area contributed by atoms with Crippen LogP contribution in [0.3, 0.4) is 0 Å². The third kappa shape index (κ3) is 3.28. The molecule has 0 amide bonds. The average Bonchev–Trinajstić information content (AvgIpc) is 2.40. The molecular formula is C14H20N4. The molecule has 1 aromatic heterocycles. The molecule has 0 radical (unpaired) electrons. The number of nitrogens with one attached hydrogen (secondary N) is 1. The lowest BCUT2D eigenvalue weighted by Crippen LogP contribution is -2.38. The van der Waals surface area contributed by atoms with E-state index >= 15 is 0 Å². The molecular weight excluding hydrogens is 224 g/mol. The molecule has 2 heterocycles. The Labute approximate surface area is 109 Å². The van der Waals surface area contributed by atoms with Crippen LogP contribution in [0.15, 0.2) is 18.3 Å². The minimum atomic E-state index is 0.563. The summed E-state index contributed by atoms with van der Waals surface area (Å²) in [6, 6.07) is 6.09. The number of piperidine rings is 1. The topological polar surface area (TPSA) is 52.0 Å². The van der Waals surface area contributed by atoms with Crippen molar-refractivity contribution < 1.29 is 0 Å². The lowest BCUT2D eigenvalue weighted by molar-refractivity contribution is 0.166. The Morgan fingerprint density at radius 3 is 3.28 bits per heavy atom. The van der Waals surface area contributed by atoms with Crippen molar-refractivity contribution in [1.29, 1.82) is 5.26 Å². The van der Waals surface area contributed by atoms with E-state index in [1.807, 2.05) is 19.2 Å². The van der Waals surface area contributed by atoms with Crippen LogP contribution in [-0.2, 0) is 6.54 Å². The zero-order chi connectivity index (χ0) is 12.8. The summed E-state index contributed by atoms with van der Waals surface area (Å²) in [5.74, 6) is 0.728. The first-order chi connectivity index (χ1) is 8.83. The average molecular weight is 244 g/mol. The molecule has 4 nitrogen and oxygen atoms in total. The van der Waals surface area contributed by atoms with Gasteiger partial charge in [-0.2, -0.15) is 5.26 Å². The molecule has 1 aliphatic heterocycles. The summed E-state index contributed by atoms with van der Waals surface area (Å²) in [5, 5.41) is 12.3. The highest BCUT2D eigenvalue weighted by molar-refractivity contribution is 5.30. The second kappa shape index (κ2) is 6.48. The zero-order valence-corrected chi connectivity index (χ0v) is 10.9. The molecule has 1 unspecified atom stereocenters. The van der Waals surface area contributed by atoms with E-state index in [-0.39, 0.29) is 0 Å². The highest BCUT2D eigenvalue weighted by Gasteiger charge is 2.20. The summed E-state index contributed by atoms with van der Waals surface area (Å²) in [4.78, 5) is 6.55. The Morgan fingerprint density at radius 2 is 2.50 bits per heavy atom. The maximum Gasteiger partial charge on any atom is 0.144 e. The van der Waals surface area contributed by atoms with Crippen molar-refractivity contribution in [3.8, 4) is 6.07 Å². The molecule has 96 valence electrons. The maximum atomic E-state index is 9.04. The lowest BCUT2D eigenvalue weighted by Gasteiger charge is -2.32. The van der Waals surface area contributed by atoms with Gasteiger partial charge in [-0.25, -0.2) is 4.98 Å². The van der Waals surface area contributed by atoms with Crippen LogP contribution in [0.1, 0.15) is 24.1 Å². The van der Waals surface area contributed by atoms with Crippen LogP contribution in [0.4, 0.5) is 0 Å². The van der Waals surface area contributed by atoms with Gasteiger partial charge >= 0.3 is 0 Å². The number of aromatic nitrogens is 1. The van der Waals surface area contributed by atoms with Gasteiger partial charge in [0.25, 0.3) is 0 Å². The van der Waals surface area contributed by atoms with Gasteiger partial charge in [0.15, 0.2) is 0 Å². The van der Waals surface area contributed by atoms with Crippen molar-refractivity contribution in [3.63, 3.8) is 0 Å². The third-order valence-corrected chi connectivity index (χ3v) is 3.49. The molecule has 4 heteroatoms. The molecule has 1 atom stereocenters. The summed E-state index contributed by atoms with van der Waals surface area (Å²) < 4.78 is 0. The molecule has 1 aromatic rings. The molecule has 2 rings (SSSR count). The van der Waals surface area contributed by atoms with Gasteiger partial charge in [0.05, 0.1) is 0 Å². The van der Waals surface area contributed by atoms with E-state index in [0.29, 0.717) is 5.69 Å². The van der Waals surface area contributed by atoms with Crippen LogP contribution in [0, 0.1) is 17.2 Å². The standard InChI is InChI=1S/C14H20N4/c1-16-9-12-4-3-7-18(10-12)11-13-5-2-6-17-14(13)8-15/h2,5-6,12,16H,3-4,7,9-11H2,1H3. The van der Waals surface area contributed by atoms with Gasteiger partial charge in [-0.3, -0.25) is 4.90 Å². The summed E-state index contributed by atoms with van der Waals surface area (Å²) in [5.41, 5.74) is 1.61. The van der Waals surface area contributed by atoms with E-state index in [4.69, 9.17) is 5.26 Å². The van der Waals surface area contributed by atoms with Crippen LogP contribution >= 0.6 is 0 Å². The smallest absolute Gasteiger partial charge is 0.144 e. The molecule has 0 saturated carbocycles. The fourth-order valence-electron chi connectivity index (χ4n) is 2.66. The van der Waals surface area contributed by atoms with Crippen molar-refractivity contribution in [2.45, 2.75) is 19.4 Å². The second-order valence-electron chi connectivity index (χ2n) is 4.92. The van der Waals surface area contributed by atoms with E-state index in [0.717, 1.165) is 37.7 Å². The zero-order valence-electron chi connectivity index (χ0n) is 10.9. The Bertz CT molecular complexity index is 422. The van der Waals surface area contributed by atoms with Crippen LogP contribution in [0.5, 0.6) is 0 Å². The molecule has 1 saturated heterocycles. The number of nitriles is 1. The molecule has 0 aliphatic carbocycles. The fraction of sp³-hybridized carbons (Fsp3) is 0.571. The summed E-state index contributed by atoms with van der Waals surface area (Å²) in [6.45, 7) is 4.16. The molecule has 0 bridgehead atoms. The van der Waals surface area contributed by atoms with Crippen LogP contribution in [0.25, 0.3) is 0 Å². The van der Waals surface area contributed by atoms with Gasteiger partial charge in [-0.15, -0.1) is 0 Å². The van der Waals surface area contributed by atoms with Crippen molar-refractivity contribution in [1.82, 2.24) is 15.2 Å². The quantitative estimate of drug-likeness (QED) is 0.869. The van der Waals surface area contributed by atoms with Gasteiger partial charge in [0.1, 0.15) is 11.8 Å². The number of likely N-dealkylation sites (tertiary alicyclic amines) is 1. The highest BCUT2D eigenvalue weighted by Crippen LogP contribution is 2.18. The molecule has 1 aliphatic rings. The minimum Gasteiger partial charge on any atom is -0.319 e. The van der Waals surface area contributed by atoms with E-state index in [1.54, 1.807) is 6.20 Å². The molecule has 1 fully saturated rings. The minimum absolute atomic E-state index is 0.563. The third-order valence-electron chi connectivity index (χ3n) is 3.49. The summed E-state index contributed by atoms with van der Waals surface area (Å²) in [7, 11) is 2.01. The van der Waals surface area contributed by atoms with Gasteiger partial charge in [0, 0.05) is 24.8 Å². The van der Waals surface area contributed by atoms with Crippen molar-refractivity contribution in [2.24, 2.45) is 5.92 Å². The molecule has 0 spiro atoms. The van der Waals surface area contributed by atoms with Crippen LogP contribution in [0.2, 0.25) is 0 Å². The van der Waals surface area contributed by atoms with Gasteiger partial charge < -0.3 is 5.32 Å². The largest absolute Gasteiger partial charge is 0.319 e. The van der Waals surface area contributed by atoms with Crippen LogP contribution < -0.4 is 5.32 Å². The van der Waals surface area contributed by atoms with Crippen molar-refractivity contribution in [2.75, 3.05) is 26.7 Å². The Kier molecular flexibility index (Phi) is 4.68. The number of hydrogen-bond acceptors (Lipinski definition) is 4. The maximum absolute atomic E-state index is 9.04. The molecule has 18 heavy (non-hydrogen) atoms. The highest BCUT2D eigenvalue weighted by atomic mass is 15.1. The SMILES string of the molecule is CNCC1CCCN(Cc2cccnc2C#N)C1. The molecule has 0 aromatic carbocycles. The monoisotopic (exact) mass is 244 g/mol. The van der Waals surface area contributed by atoms with Gasteiger partial charge in [-0.05, 0) is 45.0 Å². The van der Waals surface area contributed by atoms with E-state index in [2.05, 4.69) is 21.3 Å². The summed E-state index contributed by atoms with van der Waals surface area (Å²) in [6.07, 6.45) is 4.23. The van der Waals surface area contributed by atoms with Gasteiger partial charge in [0.2, 0.25) is 0 Å². The van der Waals surface area contributed by atoms with E-state index < -0.39 is 0 Å². The fourth-order valence-corrected chi connectivity index (χ4v) is 2.66. The predicted molar refractivity (Wildman–Crippen MR) is 70.9 cm³/mol. The molecule has 1 N–H and O–H groups in total. The Morgan fingerprint density at radius 1 is 1.61 bits per heavy atom. The summed E-state index contributed by atoms with van der Waals surface area (Å²) >= 11 is 0. The first-order valence-electron chi connectivity index (χ1n) is 6.54. The lowest BCUT2D eigenvalue weighted by atomic mass is 9.97. The normalized spacial score (nSPS) is 20.6. The number of rotatable bonds is 4. The van der Waals surface area contributed by atoms with E-state index in [9.17, 15) is 0 Å². The van der Waals surface area contributed by atoms with Crippen molar-refractivity contribution in [3.05, 3.63) is 29.6 Å². The Balaban J connectivity index is 1.98. The Hall–Kier alpha value is -1.44. The number of hydrogen-bond donors (Lipinski definition) is 1. The van der Waals surface area contributed by atoms with E-state index in [1.165, 1.54) is 12.8 Å². The number of nitrogens with zero attached hydrogens (tertiary/aromatic N) is 3. The van der Waals surface area contributed by atoms with Crippen LogP contribution in [-0.4, -0.2) is 36.6 Å². The van der Waals surface area contributed by atoms with Crippen molar-refractivity contribution >= 4 is 0 Å². The first-order valence-corrected chi connectivity index (χ1v) is 6.54. The van der Waals surface area contributed by atoms with Gasteiger partial charge in [-0.1, -0.05) is 6.07 Å². The number of pyridine rings is 1. The second-order valence-corrected chi connectivity index (χ2v) is 4.92. The first kappa shape index (κ1) is 13.0. The predicted octanol–water partition coefficient (Wildman–Crippen LogP) is 1.38.